The summed E-state index contributed by atoms with van der Waals surface area (Å²) >= 11 is 8.20. The summed E-state index contributed by atoms with van der Waals surface area (Å²) in [7, 11) is 0. The van der Waals surface area contributed by atoms with Crippen molar-refractivity contribution in [2.45, 2.75) is 4.90 Å². The first kappa shape index (κ1) is 9.44. The Bertz CT molecular complexity index is 169. The van der Waals surface area contributed by atoms with E-state index < -0.39 is 0 Å². The van der Waals surface area contributed by atoms with Gasteiger partial charge in [-0.15, -0.1) is 0 Å². The number of benzene rings is 1. The van der Waals surface area contributed by atoms with Crippen LogP contribution in [0.25, 0.3) is 0 Å². The number of halogens is 1. The summed E-state index contributed by atoms with van der Waals surface area (Å²) < 4.78 is 0.995. The molecule has 1 aromatic rings. The van der Waals surface area contributed by atoms with Crippen LogP contribution in [0.15, 0.2) is 33.6 Å². The zero-order valence-electron chi connectivity index (χ0n) is 4.40. The number of rotatable bonds is 0. The molecular weight excluding hydrogens is 248 g/mol. The molecule has 52 valence electrons. The number of hydrogen-bond donors (Lipinski definition) is 0. The smallest absolute Gasteiger partial charge is 0.779 e. The maximum absolute atomic E-state index is 4.91. The molecule has 0 unspecified atom stereocenters. The van der Waals surface area contributed by atoms with Gasteiger partial charge < -0.3 is 12.6 Å². The van der Waals surface area contributed by atoms with E-state index >= 15 is 0 Å². The summed E-state index contributed by atoms with van der Waals surface area (Å²) in [5.41, 5.74) is 0. The second kappa shape index (κ2) is 4.29. The van der Waals surface area contributed by atoms with E-state index in [1.54, 1.807) is 0 Å². The molecule has 0 N–H and O–H groups in total. The maximum Gasteiger partial charge on any atom is 1.00 e. The Labute approximate surface area is 79.0 Å². The zero-order chi connectivity index (χ0) is 5.98. The van der Waals surface area contributed by atoms with E-state index in [0.717, 1.165) is 9.37 Å². The fourth-order valence-corrected chi connectivity index (χ4v) is 0.876. The summed E-state index contributed by atoms with van der Waals surface area (Å²) in [6.07, 6.45) is 0. The molecule has 0 radical (unpaired) electrons. The van der Waals surface area contributed by atoms with Gasteiger partial charge in [0.25, 0.3) is 0 Å². The van der Waals surface area contributed by atoms with Gasteiger partial charge in [-0.3, -0.25) is 0 Å². The van der Waals surface area contributed by atoms with Gasteiger partial charge >= 0.3 is 17.1 Å². The fourth-order valence-electron chi connectivity index (χ4n) is 0.445. The molecule has 9 heavy (non-hydrogen) atoms. The molecule has 0 spiro atoms. The second-order valence-corrected chi connectivity index (χ2v) is 2.72. The van der Waals surface area contributed by atoms with Gasteiger partial charge in [0.2, 0.25) is 0 Å². The van der Waals surface area contributed by atoms with Crippen molar-refractivity contribution in [2.75, 3.05) is 0 Å². The summed E-state index contributed by atoms with van der Waals surface area (Å²) in [6.45, 7) is 0. The predicted molar refractivity (Wildman–Crippen MR) is 39.8 cm³/mol. The van der Waals surface area contributed by atoms with E-state index in [1.807, 2.05) is 24.3 Å². The first-order valence-electron chi connectivity index (χ1n) is 2.22. The molecule has 0 heterocycles. The Hall–Kier alpha value is 0.439. The van der Waals surface area contributed by atoms with E-state index in [0.29, 0.717) is 0 Å². The van der Waals surface area contributed by atoms with Crippen LogP contribution in [0, 0.1) is 0 Å². The van der Waals surface area contributed by atoms with Crippen LogP contribution in [0.3, 0.4) is 0 Å². The summed E-state index contributed by atoms with van der Waals surface area (Å²) in [5.74, 6) is 0. The monoisotopic (exact) mass is 250 g/mol. The third-order valence-electron chi connectivity index (χ3n) is 0.837. The molecule has 0 aromatic heterocycles. The minimum atomic E-state index is 0. The first-order valence-corrected chi connectivity index (χ1v) is 3.42. The maximum atomic E-state index is 4.91. The average Bonchev–Trinajstić information content (AvgIpc) is 1.77. The average molecular weight is 252 g/mol. The van der Waals surface area contributed by atoms with Gasteiger partial charge in [-0.2, -0.15) is 4.90 Å². The minimum absolute atomic E-state index is 0. The molecule has 0 saturated carbocycles. The van der Waals surface area contributed by atoms with Crippen molar-refractivity contribution in [1.29, 1.82) is 0 Å². The molecule has 0 amide bonds. The van der Waals surface area contributed by atoms with Crippen molar-refractivity contribution < 1.29 is 17.1 Å². The quantitative estimate of drug-likeness (QED) is 0.504. The Kier molecular flexibility index (Phi) is 4.50. The largest absolute Gasteiger partial charge is 1.00 e. The van der Waals surface area contributed by atoms with Crippen LogP contribution in [-0.4, -0.2) is 0 Å². The van der Waals surface area contributed by atoms with Crippen LogP contribution in [0.2, 0.25) is 0 Å². The molecule has 0 aliphatic heterocycles. The Balaban J connectivity index is 0.000000640. The Morgan fingerprint density at radius 1 is 1.22 bits per heavy atom. The molecule has 0 aliphatic rings. The van der Waals surface area contributed by atoms with Gasteiger partial charge in [-0.1, -0.05) is 34.1 Å². The molecule has 0 aliphatic carbocycles. The van der Waals surface area contributed by atoms with Crippen molar-refractivity contribution >= 4 is 28.6 Å². The van der Waals surface area contributed by atoms with Crippen LogP contribution in [0.4, 0.5) is 0 Å². The van der Waals surface area contributed by atoms with Crippen molar-refractivity contribution in [1.82, 2.24) is 0 Å². The van der Waals surface area contributed by atoms with Crippen LogP contribution in [0.1, 0.15) is 0 Å². The Morgan fingerprint density at radius 2 is 1.78 bits per heavy atom. The van der Waals surface area contributed by atoms with E-state index in [-0.39, 0.29) is 17.1 Å². The third-order valence-corrected chi connectivity index (χ3v) is 2.15. The van der Waals surface area contributed by atoms with Gasteiger partial charge in [-0.05, 0) is 10.5 Å². The van der Waals surface area contributed by atoms with Crippen LogP contribution >= 0.6 is 15.9 Å². The first-order chi connectivity index (χ1) is 3.80. The van der Waals surface area contributed by atoms with Crippen molar-refractivity contribution in [2.24, 2.45) is 0 Å². The predicted octanol–water partition coefficient (Wildman–Crippen LogP) is 2.35. The van der Waals surface area contributed by atoms with Crippen LogP contribution in [0.5, 0.6) is 0 Å². The molecule has 0 fully saturated rings. The molecule has 0 saturated heterocycles. The van der Waals surface area contributed by atoms with E-state index in [2.05, 4.69) is 15.9 Å². The summed E-state index contributed by atoms with van der Waals surface area (Å²) in [6, 6.07) is 7.69. The van der Waals surface area contributed by atoms with Gasteiger partial charge in [0.1, 0.15) is 0 Å². The minimum Gasteiger partial charge on any atom is -0.779 e. The number of hydrogen-bond acceptors (Lipinski definition) is 1. The molecule has 0 nitrogen and oxygen atoms in total. The van der Waals surface area contributed by atoms with Crippen molar-refractivity contribution in [3.8, 4) is 0 Å². The standard InChI is InChI=1S/C6H5BrS.Cu/c7-5-3-1-2-4-6(5)8;/h1-4,8H;/q;+1/p-1. The summed E-state index contributed by atoms with van der Waals surface area (Å²) in [5, 5.41) is 0. The molecule has 1 rings (SSSR count). The van der Waals surface area contributed by atoms with Crippen LogP contribution in [-0.2, 0) is 29.7 Å². The van der Waals surface area contributed by atoms with E-state index in [9.17, 15) is 0 Å². The van der Waals surface area contributed by atoms with Gasteiger partial charge in [0.15, 0.2) is 0 Å². The second-order valence-electron chi connectivity index (χ2n) is 1.43. The SMILES string of the molecule is [Cu+].[S-]c1ccccc1Br. The molecule has 3 heteroatoms. The summed E-state index contributed by atoms with van der Waals surface area (Å²) in [4.78, 5) is 0.868. The molecule has 0 bridgehead atoms. The van der Waals surface area contributed by atoms with Crippen molar-refractivity contribution in [3.63, 3.8) is 0 Å². The zero-order valence-corrected chi connectivity index (χ0v) is 7.74. The fraction of sp³-hybridized carbons (Fsp3) is 0. The van der Waals surface area contributed by atoms with E-state index in [4.69, 9.17) is 12.6 Å². The topological polar surface area (TPSA) is 0 Å². The third kappa shape index (κ3) is 2.67. The van der Waals surface area contributed by atoms with E-state index in [1.165, 1.54) is 0 Å². The molecule has 0 atom stereocenters. The molecule has 1 aromatic carbocycles. The Morgan fingerprint density at radius 3 is 2.11 bits per heavy atom. The normalized spacial score (nSPS) is 8.11. The van der Waals surface area contributed by atoms with Gasteiger partial charge in [0.05, 0.1) is 0 Å². The van der Waals surface area contributed by atoms with Crippen molar-refractivity contribution in [3.05, 3.63) is 28.7 Å². The van der Waals surface area contributed by atoms with Gasteiger partial charge in [0, 0.05) is 0 Å². The van der Waals surface area contributed by atoms with Crippen LogP contribution < -0.4 is 0 Å². The molecular formula is C6H4BrCuS. The van der Waals surface area contributed by atoms with Gasteiger partial charge in [-0.25, -0.2) is 0 Å².